The summed E-state index contributed by atoms with van der Waals surface area (Å²) < 4.78 is 92.7. The van der Waals surface area contributed by atoms with E-state index in [1.165, 1.54) is 30.1 Å². The molecule has 5 nitrogen and oxygen atoms in total. The summed E-state index contributed by atoms with van der Waals surface area (Å²) in [6, 6.07) is 3.18. The topological polar surface area (TPSA) is 53.0 Å². The van der Waals surface area contributed by atoms with E-state index in [2.05, 4.69) is 5.18 Å². The first-order valence-electron chi connectivity index (χ1n) is 10.6. The third-order valence-electron chi connectivity index (χ3n) is 5.95. The minimum Gasteiger partial charge on any atom is -0.323 e. The number of piperidine rings is 1. The number of amides is 2. The highest BCUT2D eigenvalue weighted by molar-refractivity contribution is 5.75. The zero-order chi connectivity index (χ0) is 26.1. The first-order chi connectivity index (χ1) is 16.2. The van der Waals surface area contributed by atoms with Crippen LogP contribution in [0.15, 0.2) is 41.6 Å². The van der Waals surface area contributed by atoms with E-state index in [-0.39, 0.29) is 31.0 Å². The van der Waals surface area contributed by atoms with Crippen LogP contribution in [0.3, 0.4) is 0 Å². The monoisotopic (exact) mass is 505 g/mol. The molecular formula is C23H22F7N3O2. The lowest BCUT2D eigenvalue weighted by atomic mass is 9.90. The Labute approximate surface area is 196 Å². The van der Waals surface area contributed by atoms with Gasteiger partial charge in [0.05, 0.1) is 23.2 Å². The summed E-state index contributed by atoms with van der Waals surface area (Å²) in [5, 5.41) is 3.05. The second-order valence-electron chi connectivity index (χ2n) is 8.55. The summed E-state index contributed by atoms with van der Waals surface area (Å²) in [5.74, 6) is -0.493. The number of carbonyl (C=O) groups excluding carboxylic acids is 1. The van der Waals surface area contributed by atoms with Gasteiger partial charge in [-0.2, -0.15) is 31.2 Å². The molecule has 35 heavy (non-hydrogen) atoms. The van der Waals surface area contributed by atoms with Crippen LogP contribution in [0, 0.1) is 17.6 Å². The lowest BCUT2D eigenvalue weighted by molar-refractivity contribution is -0.143. The molecule has 3 rings (SSSR count). The Bertz CT molecular complexity index is 1070. The Kier molecular flexibility index (Phi) is 7.42. The first-order valence-corrected chi connectivity index (χ1v) is 10.6. The van der Waals surface area contributed by atoms with Crippen molar-refractivity contribution >= 4 is 6.03 Å². The lowest BCUT2D eigenvalue weighted by Crippen LogP contribution is -2.47. The van der Waals surface area contributed by atoms with Gasteiger partial charge in [0, 0.05) is 20.1 Å². The summed E-state index contributed by atoms with van der Waals surface area (Å²) in [6.07, 6.45) is -9.63. The maximum atomic E-state index is 13.6. The molecule has 0 aliphatic carbocycles. The van der Waals surface area contributed by atoms with Crippen molar-refractivity contribution in [2.75, 3.05) is 13.6 Å². The molecule has 1 aliphatic heterocycles. The highest BCUT2D eigenvalue weighted by Crippen LogP contribution is 2.38. The van der Waals surface area contributed by atoms with Gasteiger partial charge in [-0.3, -0.25) is 0 Å². The van der Waals surface area contributed by atoms with Gasteiger partial charge in [-0.05, 0) is 66.8 Å². The highest BCUT2D eigenvalue weighted by Gasteiger charge is 2.38. The van der Waals surface area contributed by atoms with Crippen molar-refractivity contribution in [2.24, 2.45) is 5.18 Å². The predicted octanol–water partition coefficient (Wildman–Crippen LogP) is 6.70. The van der Waals surface area contributed by atoms with Crippen LogP contribution in [0.2, 0.25) is 0 Å². The molecule has 1 saturated heterocycles. The molecule has 2 aromatic rings. The first kappa shape index (κ1) is 26.4. The summed E-state index contributed by atoms with van der Waals surface area (Å²) in [5.41, 5.74) is -2.20. The Morgan fingerprint density at radius 3 is 2.17 bits per heavy atom. The van der Waals surface area contributed by atoms with Crippen LogP contribution in [0.5, 0.6) is 0 Å². The highest BCUT2D eigenvalue weighted by atomic mass is 19.4. The maximum absolute atomic E-state index is 13.6. The molecule has 0 saturated carbocycles. The van der Waals surface area contributed by atoms with Gasteiger partial charge in [0.2, 0.25) is 0 Å². The van der Waals surface area contributed by atoms with Crippen molar-refractivity contribution in [3.05, 3.63) is 74.9 Å². The number of likely N-dealkylation sites (tertiary alicyclic amines) is 1. The molecule has 190 valence electrons. The van der Waals surface area contributed by atoms with Crippen molar-refractivity contribution in [3.63, 3.8) is 0 Å². The zero-order valence-corrected chi connectivity index (χ0v) is 18.8. The van der Waals surface area contributed by atoms with Crippen LogP contribution < -0.4 is 0 Å². The zero-order valence-electron chi connectivity index (χ0n) is 18.8. The van der Waals surface area contributed by atoms with Gasteiger partial charge in [0.25, 0.3) is 0 Å². The van der Waals surface area contributed by atoms with E-state index in [0.717, 1.165) is 4.90 Å². The van der Waals surface area contributed by atoms with E-state index < -0.39 is 54.0 Å². The predicted molar refractivity (Wildman–Crippen MR) is 113 cm³/mol. The van der Waals surface area contributed by atoms with Crippen molar-refractivity contribution < 1.29 is 35.5 Å². The molecule has 1 fully saturated rings. The maximum Gasteiger partial charge on any atom is 0.416 e. The van der Waals surface area contributed by atoms with E-state index in [4.69, 9.17) is 0 Å². The molecule has 0 aromatic heterocycles. The van der Waals surface area contributed by atoms with Crippen molar-refractivity contribution in [1.29, 1.82) is 0 Å². The molecule has 2 amide bonds. The normalized spacial score (nSPS) is 18.9. The van der Waals surface area contributed by atoms with Crippen molar-refractivity contribution in [1.82, 2.24) is 9.80 Å². The van der Waals surface area contributed by atoms with Crippen LogP contribution in [0.4, 0.5) is 35.5 Å². The Hall–Kier alpha value is -3.18. The van der Waals surface area contributed by atoms with Gasteiger partial charge in [0.15, 0.2) is 0 Å². The number of hydrogen-bond acceptors (Lipinski definition) is 3. The smallest absolute Gasteiger partial charge is 0.323 e. The van der Waals surface area contributed by atoms with Crippen LogP contribution in [-0.4, -0.2) is 35.5 Å². The molecule has 2 atom stereocenters. The van der Waals surface area contributed by atoms with Crippen LogP contribution in [0.25, 0.3) is 0 Å². The molecule has 0 N–H and O–H groups in total. The van der Waals surface area contributed by atoms with E-state index >= 15 is 0 Å². The molecular weight excluding hydrogens is 483 g/mol. The molecule has 12 heteroatoms. The number of benzene rings is 2. The van der Waals surface area contributed by atoms with Crippen LogP contribution in [-0.2, 0) is 18.9 Å². The Morgan fingerprint density at radius 2 is 1.66 bits per heavy atom. The second-order valence-corrected chi connectivity index (χ2v) is 8.55. The second kappa shape index (κ2) is 9.82. The minimum atomic E-state index is -5.01. The fourth-order valence-electron chi connectivity index (χ4n) is 4.25. The lowest BCUT2D eigenvalue weighted by Gasteiger charge is -2.40. The van der Waals surface area contributed by atoms with Gasteiger partial charge in [-0.15, -0.1) is 0 Å². The number of halogens is 7. The van der Waals surface area contributed by atoms with E-state index in [1.54, 1.807) is 6.92 Å². The Morgan fingerprint density at radius 1 is 1.06 bits per heavy atom. The minimum absolute atomic E-state index is 0.0237. The van der Waals surface area contributed by atoms with Crippen molar-refractivity contribution in [2.45, 2.75) is 50.7 Å². The Balaban J connectivity index is 1.91. The number of nitroso groups, excluding NO2 is 1. The SMILES string of the molecule is Cc1cc(F)ccc1[C@H]1CC(N=O)CCN1C(=O)N(C)Cc1cc(C(F)(F)F)cc(C(F)(F)F)c1. The average molecular weight is 505 g/mol. The average Bonchev–Trinajstić information content (AvgIpc) is 2.77. The molecule has 1 unspecified atom stereocenters. The van der Waals surface area contributed by atoms with Crippen LogP contribution in [0.1, 0.15) is 46.7 Å². The molecule has 0 bridgehead atoms. The van der Waals surface area contributed by atoms with Gasteiger partial charge >= 0.3 is 18.4 Å². The molecule has 1 aliphatic rings. The quantitative estimate of drug-likeness (QED) is 0.343. The largest absolute Gasteiger partial charge is 0.416 e. The van der Waals surface area contributed by atoms with E-state index in [9.17, 15) is 40.4 Å². The van der Waals surface area contributed by atoms with Crippen molar-refractivity contribution in [3.8, 4) is 0 Å². The summed E-state index contributed by atoms with van der Waals surface area (Å²) >= 11 is 0. The molecule has 0 spiro atoms. The number of urea groups is 1. The summed E-state index contributed by atoms with van der Waals surface area (Å²) in [7, 11) is 1.26. The number of aryl methyl sites for hydroxylation is 1. The van der Waals surface area contributed by atoms with E-state index in [0.29, 0.717) is 23.3 Å². The third kappa shape index (κ3) is 6.09. The number of alkyl halides is 6. The fourth-order valence-corrected chi connectivity index (χ4v) is 4.25. The van der Waals surface area contributed by atoms with Gasteiger partial charge in [-0.1, -0.05) is 11.2 Å². The molecule has 1 heterocycles. The number of hydrogen-bond donors (Lipinski definition) is 0. The van der Waals surface area contributed by atoms with Gasteiger partial charge in [0.1, 0.15) is 5.82 Å². The summed E-state index contributed by atoms with van der Waals surface area (Å²) in [4.78, 5) is 26.8. The fraction of sp³-hybridized carbons (Fsp3) is 0.435. The van der Waals surface area contributed by atoms with Gasteiger partial charge < -0.3 is 9.80 Å². The number of rotatable bonds is 4. The van der Waals surface area contributed by atoms with Crippen LogP contribution >= 0.6 is 0 Å². The molecule has 0 radical (unpaired) electrons. The standard InChI is InChI=1S/C23H22F7N3O2/c1-13-7-17(24)3-4-19(13)20-11-18(31-35)5-6-33(20)21(34)32(2)12-14-8-15(22(25,26)27)10-16(9-14)23(28,29)30/h3-4,7-10,18,20H,5-6,11-12H2,1-2H3/t18?,20-/m1/s1. The summed E-state index contributed by atoms with van der Waals surface area (Å²) in [6.45, 7) is 1.19. The molecule has 2 aromatic carbocycles. The van der Waals surface area contributed by atoms with E-state index in [1.807, 2.05) is 0 Å². The number of nitrogens with zero attached hydrogens (tertiary/aromatic N) is 3. The number of carbonyl (C=O) groups is 1. The van der Waals surface area contributed by atoms with Gasteiger partial charge in [-0.25, -0.2) is 9.18 Å². The third-order valence-corrected chi connectivity index (χ3v) is 5.95.